The fourth-order valence-corrected chi connectivity index (χ4v) is 7.27. The van der Waals surface area contributed by atoms with Crippen LogP contribution in [0.3, 0.4) is 0 Å². The molecule has 0 saturated carbocycles. The van der Waals surface area contributed by atoms with Crippen LogP contribution in [0.1, 0.15) is 213 Å². The molecule has 0 fully saturated rings. The number of unbranched alkanes of at least 4 members (excludes halogenated alkanes) is 26. The topological polar surface area (TPSA) is 94.1 Å². The van der Waals surface area contributed by atoms with Crippen molar-refractivity contribution in [2.75, 3.05) is 47.5 Å². The number of nitrogens with zero attached hydrogens (tertiary/aromatic N) is 1. The van der Waals surface area contributed by atoms with Crippen molar-refractivity contribution in [1.82, 2.24) is 0 Å². The van der Waals surface area contributed by atoms with Gasteiger partial charge in [-0.1, -0.05) is 179 Å². The van der Waals surface area contributed by atoms with Crippen molar-refractivity contribution in [3.63, 3.8) is 0 Å². The molecule has 0 N–H and O–H groups in total. The largest absolute Gasteiger partial charge is 0.756 e. The number of carbonyl (C=O) groups is 1. The van der Waals surface area contributed by atoms with Gasteiger partial charge in [-0.3, -0.25) is 9.36 Å². The second kappa shape index (κ2) is 41.3. The minimum atomic E-state index is -4.54. The molecular formula is C48H92NO7P. The molecule has 1 unspecified atom stereocenters. The summed E-state index contributed by atoms with van der Waals surface area (Å²) in [4.78, 5) is 25.1. The Bertz CT molecular complexity index is 1010. The Morgan fingerprint density at radius 3 is 1.47 bits per heavy atom. The maximum atomic E-state index is 12.7. The first-order valence-electron chi connectivity index (χ1n) is 23.8. The van der Waals surface area contributed by atoms with Gasteiger partial charge in [0.15, 0.2) is 6.10 Å². The molecule has 0 aliphatic carbocycles. The van der Waals surface area contributed by atoms with Gasteiger partial charge in [-0.25, -0.2) is 0 Å². The maximum Gasteiger partial charge on any atom is 0.306 e. The summed E-state index contributed by atoms with van der Waals surface area (Å²) in [7, 11) is 1.32. The van der Waals surface area contributed by atoms with Crippen molar-refractivity contribution < 1.29 is 37.3 Å². The summed E-state index contributed by atoms with van der Waals surface area (Å²) in [6, 6.07) is 0. The van der Waals surface area contributed by atoms with E-state index in [2.05, 4.69) is 38.2 Å². The molecule has 8 nitrogen and oxygen atoms in total. The molecule has 0 saturated heterocycles. The van der Waals surface area contributed by atoms with Gasteiger partial charge in [-0.2, -0.15) is 0 Å². The van der Waals surface area contributed by atoms with E-state index in [1.165, 1.54) is 148 Å². The highest BCUT2D eigenvalue weighted by atomic mass is 31.2. The molecule has 9 heteroatoms. The van der Waals surface area contributed by atoms with E-state index in [0.29, 0.717) is 17.4 Å². The van der Waals surface area contributed by atoms with E-state index >= 15 is 0 Å². The monoisotopic (exact) mass is 826 g/mol. The summed E-state index contributed by atoms with van der Waals surface area (Å²) in [6.07, 6.45) is 49.6. The highest BCUT2D eigenvalue weighted by molar-refractivity contribution is 7.45. The fraction of sp³-hybridized carbons (Fsp3) is 0.854. The number of likely N-dealkylation sites (N-methyl/N-ethyl adjacent to an activating group) is 1. The SMILES string of the molecule is CCCCC/C=C\C/C=C\CCCCCCCCCC(=O)O[C@H](CO/C=C\CCCCCCCCCCCCCCCCCC)COP(=O)([O-])OCC[N+](C)(C)C. The molecule has 0 aliphatic heterocycles. The summed E-state index contributed by atoms with van der Waals surface area (Å²) in [5.41, 5.74) is 0. The predicted octanol–water partition coefficient (Wildman–Crippen LogP) is 13.9. The van der Waals surface area contributed by atoms with Gasteiger partial charge in [0, 0.05) is 6.42 Å². The van der Waals surface area contributed by atoms with Crippen molar-refractivity contribution >= 4 is 13.8 Å². The Kier molecular flexibility index (Phi) is 40.3. The number of phosphoric ester groups is 1. The average molecular weight is 826 g/mol. The van der Waals surface area contributed by atoms with Gasteiger partial charge in [-0.05, 0) is 57.4 Å². The fourth-order valence-electron chi connectivity index (χ4n) is 6.54. The first-order valence-corrected chi connectivity index (χ1v) is 25.2. The highest BCUT2D eigenvalue weighted by Crippen LogP contribution is 2.38. The first kappa shape index (κ1) is 55.6. The smallest absolute Gasteiger partial charge is 0.306 e. The van der Waals surface area contributed by atoms with Crippen LogP contribution in [0.2, 0.25) is 0 Å². The third kappa shape index (κ3) is 45.5. The predicted molar refractivity (Wildman–Crippen MR) is 240 cm³/mol. The van der Waals surface area contributed by atoms with Crippen molar-refractivity contribution in [2.24, 2.45) is 0 Å². The van der Waals surface area contributed by atoms with Crippen LogP contribution >= 0.6 is 7.82 Å². The minimum Gasteiger partial charge on any atom is -0.756 e. The number of ether oxygens (including phenoxy) is 2. The van der Waals surface area contributed by atoms with Crippen molar-refractivity contribution in [2.45, 2.75) is 219 Å². The molecule has 0 aromatic rings. The van der Waals surface area contributed by atoms with Gasteiger partial charge in [0.2, 0.25) is 0 Å². The molecule has 0 radical (unpaired) electrons. The number of esters is 1. The van der Waals surface area contributed by atoms with Crippen molar-refractivity contribution in [3.05, 3.63) is 36.6 Å². The first-order chi connectivity index (χ1) is 27.6. The summed E-state index contributed by atoms with van der Waals surface area (Å²) in [5.74, 6) is -0.362. The molecule has 0 rings (SSSR count). The zero-order valence-corrected chi connectivity index (χ0v) is 38.9. The normalized spacial score (nSPS) is 13.9. The van der Waals surface area contributed by atoms with Crippen LogP contribution in [0.25, 0.3) is 0 Å². The minimum absolute atomic E-state index is 0.0154. The van der Waals surface area contributed by atoms with E-state index in [4.69, 9.17) is 18.5 Å². The van der Waals surface area contributed by atoms with Crippen LogP contribution in [-0.4, -0.2) is 64.1 Å². The third-order valence-corrected chi connectivity index (χ3v) is 11.2. The zero-order valence-electron chi connectivity index (χ0n) is 38.0. The Labute approximate surface area is 353 Å². The van der Waals surface area contributed by atoms with Crippen molar-refractivity contribution in [1.29, 1.82) is 0 Å². The molecule has 0 aliphatic rings. The van der Waals surface area contributed by atoms with Gasteiger partial charge in [0.1, 0.15) is 19.8 Å². The molecule has 0 spiro atoms. The van der Waals surface area contributed by atoms with Gasteiger partial charge < -0.3 is 27.9 Å². The maximum absolute atomic E-state index is 12.7. The molecule has 0 heterocycles. The lowest BCUT2D eigenvalue weighted by atomic mass is 10.0. The number of allylic oxidation sites excluding steroid dienone is 5. The molecule has 57 heavy (non-hydrogen) atoms. The molecule has 336 valence electrons. The number of hydrogen-bond donors (Lipinski definition) is 0. The van der Waals surface area contributed by atoms with Crippen LogP contribution in [-0.2, 0) is 27.9 Å². The van der Waals surface area contributed by atoms with Crippen LogP contribution in [0.4, 0.5) is 0 Å². The van der Waals surface area contributed by atoms with Gasteiger partial charge in [0.05, 0.1) is 34.0 Å². The van der Waals surface area contributed by atoms with Crippen LogP contribution in [0.5, 0.6) is 0 Å². The summed E-state index contributed by atoms with van der Waals surface area (Å²) < 4.78 is 34.4. The third-order valence-electron chi connectivity index (χ3n) is 10.3. The lowest BCUT2D eigenvalue weighted by molar-refractivity contribution is -0.870. The highest BCUT2D eigenvalue weighted by Gasteiger charge is 2.20. The summed E-state index contributed by atoms with van der Waals surface area (Å²) in [6.45, 7) is 4.72. The summed E-state index contributed by atoms with van der Waals surface area (Å²) in [5, 5.41) is 0. The standard InChI is InChI=1S/C48H92NO7P/c1-6-8-10-12-14-16-18-20-22-24-26-28-30-32-34-36-38-40-43-53-45-47(46-55-57(51,52)54-44-42-49(3,4)5)56-48(50)41-39-37-35-33-31-29-27-25-23-21-19-17-15-13-11-9-7-2/h15,17,21,23,40,43,47H,6-14,16,18-20,22,24-39,41-42,44-46H2,1-5H3/b17-15-,23-21-,43-40-/t47-/m1/s1. The second-order valence-electron chi connectivity index (χ2n) is 17.2. The quantitative estimate of drug-likeness (QED) is 0.0151. The average Bonchev–Trinajstić information content (AvgIpc) is 3.16. The Balaban J connectivity index is 4.24. The zero-order chi connectivity index (χ0) is 42.0. The summed E-state index contributed by atoms with van der Waals surface area (Å²) >= 11 is 0. The number of quaternary nitrogens is 1. The lowest BCUT2D eigenvalue weighted by Crippen LogP contribution is -2.37. The Morgan fingerprint density at radius 1 is 0.561 bits per heavy atom. The molecular weight excluding hydrogens is 734 g/mol. The van der Waals surface area contributed by atoms with Gasteiger partial charge in [0.25, 0.3) is 7.82 Å². The van der Waals surface area contributed by atoms with Gasteiger partial charge >= 0.3 is 5.97 Å². The number of carbonyl (C=O) groups excluding carboxylic acids is 1. The number of rotatable bonds is 44. The van der Waals surface area contributed by atoms with Gasteiger partial charge in [-0.15, -0.1) is 0 Å². The molecule has 0 amide bonds. The molecule has 0 aromatic heterocycles. The van der Waals surface area contributed by atoms with E-state index in [-0.39, 0.29) is 25.8 Å². The van der Waals surface area contributed by atoms with E-state index in [1.807, 2.05) is 27.2 Å². The van der Waals surface area contributed by atoms with E-state index in [1.54, 1.807) is 6.26 Å². The molecule has 0 bridgehead atoms. The Hall–Kier alpha value is -1.44. The molecule has 0 aromatic carbocycles. The van der Waals surface area contributed by atoms with Crippen LogP contribution in [0, 0.1) is 0 Å². The van der Waals surface area contributed by atoms with Crippen molar-refractivity contribution in [3.8, 4) is 0 Å². The van der Waals surface area contributed by atoms with Crippen LogP contribution in [0.15, 0.2) is 36.6 Å². The number of hydrogen-bond acceptors (Lipinski definition) is 7. The van der Waals surface area contributed by atoms with E-state index in [0.717, 1.165) is 44.9 Å². The lowest BCUT2D eigenvalue weighted by Gasteiger charge is -2.28. The van der Waals surface area contributed by atoms with E-state index < -0.39 is 13.9 Å². The molecule has 2 atom stereocenters. The second-order valence-corrected chi connectivity index (χ2v) is 18.6. The van der Waals surface area contributed by atoms with Crippen LogP contribution < -0.4 is 4.89 Å². The van der Waals surface area contributed by atoms with E-state index in [9.17, 15) is 14.3 Å². The Morgan fingerprint density at radius 2 is 0.982 bits per heavy atom. The number of phosphoric acid groups is 1.